The maximum atomic E-state index is 13.2. The Labute approximate surface area is 227 Å². The van der Waals surface area contributed by atoms with Gasteiger partial charge in [0.2, 0.25) is 0 Å². The molecule has 2 amide bonds. The van der Waals surface area contributed by atoms with Crippen molar-refractivity contribution in [1.29, 1.82) is 0 Å². The minimum Gasteiger partial charge on any atom is -0.493 e. The summed E-state index contributed by atoms with van der Waals surface area (Å²) in [6.45, 7) is 2.44. The molecule has 0 aliphatic heterocycles. The Morgan fingerprint density at radius 3 is 2.08 bits per heavy atom. The number of amides is 2. The van der Waals surface area contributed by atoms with Crippen molar-refractivity contribution in [1.82, 2.24) is 5.32 Å². The van der Waals surface area contributed by atoms with E-state index in [4.69, 9.17) is 4.74 Å². The van der Waals surface area contributed by atoms with Crippen LogP contribution in [0.15, 0.2) is 121 Å². The fourth-order valence-corrected chi connectivity index (χ4v) is 3.74. The van der Waals surface area contributed by atoms with Crippen LogP contribution in [0, 0.1) is 0 Å². The van der Waals surface area contributed by atoms with E-state index in [1.807, 2.05) is 67.6 Å². The van der Waals surface area contributed by atoms with E-state index in [1.54, 1.807) is 60.7 Å². The zero-order valence-electron chi connectivity index (χ0n) is 21.5. The molecular weight excluding hydrogens is 488 g/mol. The van der Waals surface area contributed by atoms with Gasteiger partial charge in [0.1, 0.15) is 11.4 Å². The van der Waals surface area contributed by atoms with Gasteiger partial charge in [-0.3, -0.25) is 14.4 Å². The highest BCUT2D eigenvalue weighted by Gasteiger charge is 2.15. The lowest BCUT2D eigenvalue weighted by Gasteiger charge is -2.12. The minimum absolute atomic E-state index is 0.0890. The lowest BCUT2D eigenvalue weighted by atomic mass is 10.1. The second-order valence-corrected chi connectivity index (χ2v) is 8.49. The fourth-order valence-electron chi connectivity index (χ4n) is 3.74. The highest BCUT2D eigenvalue weighted by atomic mass is 16.5. The van der Waals surface area contributed by atoms with Gasteiger partial charge in [-0.15, -0.1) is 0 Å². The van der Waals surface area contributed by atoms with Crippen LogP contribution in [0.25, 0.3) is 12.2 Å². The highest BCUT2D eigenvalue weighted by Crippen LogP contribution is 2.20. The summed E-state index contributed by atoms with van der Waals surface area (Å²) >= 11 is 0. The average Bonchev–Trinajstić information content (AvgIpc) is 2.97. The largest absolute Gasteiger partial charge is 0.493 e. The summed E-state index contributed by atoms with van der Waals surface area (Å²) in [4.78, 5) is 38.6. The third kappa shape index (κ3) is 7.63. The summed E-state index contributed by atoms with van der Waals surface area (Å²) in [5, 5.41) is 5.51. The van der Waals surface area contributed by atoms with Crippen molar-refractivity contribution in [2.75, 3.05) is 11.9 Å². The van der Waals surface area contributed by atoms with Gasteiger partial charge in [0, 0.05) is 22.4 Å². The standard InChI is InChI=1S/C33H28N2O4/c1-2-39-31-16-10-9-13-26(31)19-22-30(36)25-17-20-28(21-18-25)34-33(38)29(23-24-11-5-3-6-12-24)35-32(37)27-14-7-4-8-15-27/h3-23H,2H2,1H3,(H,34,38)(H,35,37)/b22-19+,29-23-. The quantitative estimate of drug-likeness (QED) is 0.189. The van der Waals surface area contributed by atoms with Gasteiger partial charge in [-0.2, -0.15) is 0 Å². The van der Waals surface area contributed by atoms with Crippen LogP contribution in [0.5, 0.6) is 5.75 Å². The molecule has 0 aromatic heterocycles. The SMILES string of the molecule is CCOc1ccccc1/C=C/C(=O)c1ccc(NC(=O)/C(=C/c2ccccc2)NC(=O)c2ccccc2)cc1. The third-order valence-electron chi connectivity index (χ3n) is 5.70. The van der Waals surface area contributed by atoms with Crippen LogP contribution in [0.4, 0.5) is 5.69 Å². The smallest absolute Gasteiger partial charge is 0.272 e. The molecule has 0 atom stereocenters. The normalized spacial score (nSPS) is 11.2. The summed E-state index contributed by atoms with van der Waals surface area (Å²) in [6.07, 6.45) is 4.82. The van der Waals surface area contributed by atoms with Gasteiger partial charge in [-0.1, -0.05) is 66.7 Å². The van der Waals surface area contributed by atoms with E-state index >= 15 is 0 Å². The molecule has 2 N–H and O–H groups in total. The Morgan fingerprint density at radius 1 is 0.744 bits per heavy atom. The van der Waals surface area contributed by atoms with E-state index in [0.29, 0.717) is 29.2 Å². The van der Waals surface area contributed by atoms with Gasteiger partial charge in [-0.25, -0.2) is 0 Å². The molecule has 4 rings (SSSR count). The third-order valence-corrected chi connectivity index (χ3v) is 5.70. The van der Waals surface area contributed by atoms with Crippen molar-refractivity contribution in [3.8, 4) is 5.75 Å². The molecule has 6 heteroatoms. The van der Waals surface area contributed by atoms with E-state index < -0.39 is 11.8 Å². The Morgan fingerprint density at radius 2 is 1.38 bits per heavy atom. The number of ketones is 1. The van der Waals surface area contributed by atoms with Crippen LogP contribution >= 0.6 is 0 Å². The van der Waals surface area contributed by atoms with Crippen molar-refractivity contribution in [3.63, 3.8) is 0 Å². The topological polar surface area (TPSA) is 84.5 Å². The molecule has 4 aromatic carbocycles. The molecule has 0 aliphatic carbocycles. The molecule has 194 valence electrons. The zero-order chi connectivity index (χ0) is 27.5. The van der Waals surface area contributed by atoms with Crippen LogP contribution in [0.1, 0.15) is 38.8 Å². The van der Waals surface area contributed by atoms with Crippen molar-refractivity contribution < 1.29 is 19.1 Å². The second-order valence-electron chi connectivity index (χ2n) is 8.49. The first kappa shape index (κ1) is 26.8. The number of rotatable bonds is 10. The van der Waals surface area contributed by atoms with Crippen LogP contribution in [-0.2, 0) is 4.79 Å². The Balaban J connectivity index is 1.47. The van der Waals surface area contributed by atoms with Crippen LogP contribution < -0.4 is 15.4 Å². The van der Waals surface area contributed by atoms with E-state index in [0.717, 1.165) is 11.1 Å². The van der Waals surface area contributed by atoms with Gasteiger partial charge in [0.15, 0.2) is 5.78 Å². The van der Waals surface area contributed by atoms with Crippen molar-refractivity contribution in [3.05, 3.63) is 143 Å². The summed E-state index contributed by atoms with van der Waals surface area (Å²) in [5.74, 6) is -0.360. The van der Waals surface area contributed by atoms with Crippen LogP contribution in [0.2, 0.25) is 0 Å². The molecule has 0 saturated carbocycles. The molecule has 0 saturated heterocycles. The molecule has 0 unspecified atom stereocenters. The summed E-state index contributed by atoms with van der Waals surface area (Å²) in [6, 6.07) is 32.0. The fraction of sp³-hybridized carbons (Fsp3) is 0.0606. The molecule has 0 aliphatic rings. The van der Waals surface area contributed by atoms with Gasteiger partial charge in [0.25, 0.3) is 11.8 Å². The van der Waals surface area contributed by atoms with Gasteiger partial charge in [0.05, 0.1) is 6.61 Å². The maximum absolute atomic E-state index is 13.2. The summed E-state index contributed by atoms with van der Waals surface area (Å²) in [5.41, 5.74) is 3.04. The molecule has 0 radical (unpaired) electrons. The summed E-state index contributed by atoms with van der Waals surface area (Å²) in [7, 11) is 0. The number of nitrogens with one attached hydrogen (secondary N) is 2. The van der Waals surface area contributed by atoms with E-state index in [-0.39, 0.29) is 11.5 Å². The molecule has 0 fully saturated rings. The first-order valence-corrected chi connectivity index (χ1v) is 12.5. The molecule has 6 nitrogen and oxygen atoms in total. The van der Waals surface area contributed by atoms with E-state index in [1.165, 1.54) is 6.08 Å². The van der Waals surface area contributed by atoms with Crippen LogP contribution in [-0.4, -0.2) is 24.2 Å². The number of ether oxygens (including phenoxy) is 1. The highest BCUT2D eigenvalue weighted by molar-refractivity contribution is 6.11. The first-order chi connectivity index (χ1) is 19.0. The van der Waals surface area contributed by atoms with Gasteiger partial charge >= 0.3 is 0 Å². The Hall–Kier alpha value is -5.23. The van der Waals surface area contributed by atoms with E-state index in [9.17, 15) is 14.4 Å². The van der Waals surface area contributed by atoms with Crippen molar-refractivity contribution >= 4 is 35.4 Å². The number of para-hydroxylation sites is 1. The molecule has 0 heterocycles. The number of hydrogen-bond donors (Lipinski definition) is 2. The number of anilines is 1. The average molecular weight is 517 g/mol. The second kappa shape index (κ2) is 13.4. The molecule has 0 spiro atoms. The number of carbonyl (C=O) groups is 3. The minimum atomic E-state index is -0.491. The number of benzene rings is 4. The Bertz CT molecular complexity index is 1490. The zero-order valence-corrected chi connectivity index (χ0v) is 21.5. The monoisotopic (exact) mass is 516 g/mol. The number of allylic oxidation sites excluding steroid dienone is 1. The van der Waals surface area contributed by atoms with Crippen molar-refractivity contribution in [2.24, 2.45) is 0 Å². The maximum Gasteiger partial charge on any atom is 0.272 e. The van der Waals surface area contributed by atoms with Crippen LogP contribution in [0.3, 0.4) is 0 Å². The van der Waals surface area contributed by atoms with Gasteiger partial charge < -0.3 is 15.4 Å². The van der Waals surface area contributed by atoms with Crippen molar-refractivity contribution in [2.45, 2.75) is 6.92 Å². The molecule has 0 bridgehead atoms. The lowest BCUT2D eigenvalue weighted by Crippen LogP contribution is -2.30. The summed E-state index contributed by atoms with van der Waals surface area (Å²) < 4.78 is 5.60. The number of carbonyl (C=O) groups excluding carboxylic acids is 3. The molecular formula is C33H28N2O4. The molecule has 4 aromatic rings. The predicted molar refractivity (Wildman–Crippen MR) is 154 cm³/mol. The lowest BCUT2D eigenvalue weighted by molar-refractivity contribution is -0.113. The first-order valence-electron chi connectivity index (χ1n) is 12.5. The Kier molecular flexibility index (Phi) is 9.18. The van der Waals surface area contributed by atoms with E-state index in [2.05, 4.69) is 10.6 Å². The van der Waals surface area contributed by atoms with Gasteiger partial charge in [-0.05, 0) is 73.2 Å². The predicted octanol–water partition coefficient (Wildman–Crippen LogP) is 6.39. The number of hydrogen-bond acceptors (Lipinski definition) is 4. The molecule has 39 heavy (non-hydrogen) atoms.